The molecule has 19 heavy (non-hydrogen) atoms. The first-order valence-electron chi connectivity index (χ1n) is 5.81. The summed E-state index contributed by atoms with van der Waals surface area (Å²) in [4.78, 5) is 0. The van der Waals surface area contributed by atoms with E-state index < -0.39 is 0 Å². The van der Waals surface area contributed by atoms with Gasteiger partial charge < -0.3 is 0 Å². The summed E-state index contributed by atoms with van der Waals surface area (Å²) in [6.07, 6.45) is 12.8. The molecule has 0 spiro atoms. The van der Waals surface area contributed by atoms with Crippen LogP contribution in [0.5, 0.6) is 0 Å². The second kappa shape index (κ2) is 14.6. The van der Waals surface area contributed by atoms with Crippen molar-refractivity contribution in [2.24, 2.45) is 0 Å². The fraction of sp³-hybridized carbons (Fsp3) is 0.375. The van der Waals surface area contributed by atoms with Gasteiger partial charge in [-0.05, 0) is 0 Å². The van der Waals surface area contributed by atoms with Gasteiger partial charge in [0.2, 0.25) is 0 Å². The fourth-order valence-corrected chi connectivity index (χ4v) is 1.30. The van der Waals surface area contributed by atoms with E-state index in [1.807, 2.05) is 0 Å². The van der Waals surface area contributed by atoms with E-state index >= 15 is 0 Å². The van der Waals surface area contributed by atoms with Crippen molar-refractivity contribution in [1.29, 1.82) is 0 Å². The Morgan fingerprint density at radius 2 is 1.11 bits per heavy atom. The number of halogens is 2. The molecule has 0 fully saturated rings. The second-order valence-corrected chi connectivity index (χ2v) is 5.27. The van der Waals surface area contributed by atoms with Gasteiger partial charge in [-0.3, -0.25) is 12.2 Å². The third-order valence-electron chi connectivity index (χ3n) is 2.73. The Labute approximate surface area is 142 Å². The van der Waals surface area contributed by atoms with Gasteiger partial charge in [-0.15, -0.1) is 51.5 Å². The van der Waals surface area contributed by atoms with Crippen LogP contribution in [0.4, 0.5) is 0 Å². The van der Waals surface area contributed by atoms with Gasteiger partial charge in [0.25, 0.3) is 0 Å². The van der Waals surface area contributed by atoms with Crippen LogP contribution in [0, 0.1) is 12.2 Å². The standard InChI is InChI=1S/2C7H9.2CH2.2ClH.Zr/c2*1-6-4-3-5-7(6)2;;;;;/h2*4H,3H2,1-2H3;2*1H2;2*1H;/q2*-1;;;;;. The van der Waals surface area contributed by atoms with Crippen molar-refractivity contribution in [3.63, 3.8) is 0 Å². The SMILES string of the molecule is CC1=[C-]CC=C1C.CC1=[C-]CC=C1C.Cl.Cl.[CH2]=[Zr]=[CH2]. The first kappa shape index (κ1) is 24.2. The summed E-state index contributed by atoms with van der Waals surface area (Å²) in [5.41, 5.74) is 5.42. The van der Waals surface area contributed by atoms with E-state index in [0.717, 1.165) is 12.8 Å². The molecule has 0 N–H and O–H groups in total. The van der Waals surface area contributed by atoms with E-state index in [2.05, 4.69) is 60.4 Å². The van der Waals surface area contributed by atoms with Crippen LogP contribution in [-0.2, 0) is 22.3 Å². The van der Waals surface area contributed by atoms with Gasteiger partial charge in [-0.25, -0.2) is 22.3 Å². The molecule has 0 unspecified atom stereocenters. The van der Waals surface area contributed by atoms with Crippen LogP contribution in [0.25, 0.3) is 0 Å². The number of hydrogen-bond donors (Lipinski definition) is 0. The third-order valence-corrected chi connectivity index (χ3v) is 2.73. The maximum absolute atomic E-state index is 3.54. The third kappa shape index (κ3) is 11.7. The van der Waals surface area contributed by atoms with Gasteiger partial charge in [0, 0.05) is 0 Å². The molecule has 108 valence electrons. The summed E-state index contributed by atoms with van der Waals surface area (Å²) in [5, 5.41) is 0. The van der Waals surface area contributed by atoms with Gasteiger partial charge in [-0.1, -0.05) is 13.8 Å². The second-order valence-electron chi connectivity index (χ2n) is 4.04. The molecular weight excluding hydrogens is 354 g/mol. The van der Waals surface area contributed by atoms with Gasteiger partial charge in [0.05, 0.1) is 0 Å². The average molecular weight is 378 g/mol. The van der Waals surface area contributed by atoms with Gasteiger partial charge >= 0.3 is 30.7 Å². The monoisotopic (exact) mass is 376 g/mol. The summed E-state index contributed by atoms with van der Waals surface area (Å²) in [5.74, 6) is 0. The molecule has 0 saturated heterocycles. The Bertz CT molecular complexity index is 340. The maximum atomic E-state index is 3.54. The molecule has 0 nitrogen and oxygen atoms in total. The summed E-state index contributed by atoms with van der Waals surface area (Å²) in [7, 11) is 0. The molecule has 0 bridgehead atoms. The molecule has 0 heterocycles. The molecule has 0 aromatic heterocycles. The zero-order valence-electron chi connectivity index (χ0n) is 12.3. The Morgan fingerprint density at radius 3 is 1.16 bits per heavy atom. The van der Waals surface area contributed by atoms with Gasteiger partial charge in [0.1, 0.15) is 0 Å². The van der Waals surface area contributed by atoms with Crippen molar-refractivity contribution in [2.45, 2.75) is 40.5 Å². The Kier molecular flexibility index (Phi) is 18.6. The minimum atomic E-state index is -0.270. The molecule has 0 aromatic carbocycles. The van der Waals surface area contributed by atoms with Crippen molar-refractivity contribution in [2.75, 3.05) is 0 Å². The van der Waals surface area contributed by atoms with Gasteiger partial charge in [-0.2, -0.15) is 12.2 Å². The average Bonchev–Trinajstić information content (AvgIpc) is 2.81. The van der Waals surface area contributed by atoms with Crippen LogP contribution in [-0.4, -0.2) is 8.42 Å². The van der Waals surface area contributed by atoms with Crippen molar-refractivity contribution in [3.8, 4) is 0 Å². The predicted molar refractivity (Wildman–Crippen MR) is 90.3 cm³/mol. The zero-order chi connectivity index (χ0) is 13.3. The molecule has 0 amide bonds. The fourth-order valence-electron chi connectivity index (χ4n) is 1.30. The van der Waals surface area contributed by atoms with E-state index in [1.165, 1.54) is 22.3 Å². The van der Waals surface area contributed by atoms with Crippen LogP contribution in [0.3, 0.4) is 0 Å². The van der Waals surface area contributed by atoms with E-state index in [1.54, 1.807) is 0 Å². The minimum absolute atomic E-state index is 0. The van der Waals surface area contributed by atoms with Crippen molar-refractivity contribution in [3.05, 3.63) is 46.6 Å². The number of allylic oxidation sites excluding steroid dienone is 8. The molecule has 0 aromatic rings. The van der Waals surface area contributed by atoms with E-state index in [4.69, 9.17) is 0 Å². The quantitative estimate of drug-likeness (QED) is 0.523. The first-order chi connectivity index (χ1) is 8.02. The Balaban J connectivity index is -0.000000207. The molecule has 3 heteroatoms. The van der Waals surface area contributed by atoms with E-state index in [0.29, 0.717) is 0 Å². The van der Waals surface area contributed by atoms with E-state index in [9.17, 15) is 0 Å². The Morgan fingerprint density at radius 1 is 0.842 bits per heavy atom. The zero-order valence-corrected chi connectivity index (χ0v) is 16.4. The van der Waals surface area contributed by atoms with Crippen molar-refractivity contribution >= 4 is 33.2 Å². The van der Waals surface area contributed by atoms with E-state index in [-0.39, 0.29) is 47.1 Å². The molecule has 0 radical (unpaired) electrons. The summed E-state index contributed by atoms with van der Waals surface area (Å²) in [6, 6.07) is 0. The topological polar surface area (TPSA) is 0 Å². The molecule has 2 aliphatic carbocycles. The van der Waals surface area contributed by atoms with Crippen LogP contribution >= 0.6 is 24.8 Å². The first-order valence-corrected chi connectivity index (χ1v) is 9.28. The summed E-state index contributed by atoms with van der Waals surface area (Å²) in [6.45, 7) is 8.43. The predicted octanol–water partition coefficient (Wildman–Crippen LogP) is 4.95. The van der Waals surface area contributed by atoms with Crippen LogP contribution < -0.4 is 0 Å². The van der Waals surface area contributed by atoms with Gasteiger partial charge in [0.15, 0.2) is 0 Å². The molecular formula is C16H24Cl2Zr-2. The molecule has 0 atom stereocenters. The molecule has 0 aliphatic heterocycles. The molecule has 2 rings (SSSR count). The summed E-state index contributed by atoms with van der Waals surface area (Å²) >= 11 is -0.270. The van der Waals surface area contributed by atoms with Crippen LogP contribution in [0.1, 0.15) is 40.5 Å². The van der Waals surface area contributed by atoms with Crippen molar-refractivity contribution < 1.29 is 22.3 Å². The van der Waals surface area contributed by atoms with Crippen LogP contribution in [0.2, 0.25) is 0 Å². The Hall–Kier alpha value is 0.163. The number of rotatable bonds is 0. The molecule has 0 saturated carbocycles. The number of hydrogen-bond acceptors (Lipinski definition) is 0. The van der Waals surface area contributed by atoms with Crippen molar-refractivity contribution in [1.82, 2.24) is 0 Å². The normalized spacial score (nSPS) is 14.5. The summed E-state index contributed by atoms with van der Waals surface area (Å²) < 4.78 is 7.09. The van der Waals surface area contributed by atoms with Crippen LogP contribution in [0.15, 0.2) is 34.4 Å². The molecule has 2 aliphatic rings.